The van der Waals surface area contributed by atoms with Crippen molar-refractivity contribution in [1.29, 1.82) is 0 Å². The fraction of sp³-hybridized carbons (Fsp3) is 0.286. The Morgan fingerprint density at radius 2 is 1.50 bits per heavy atom. The summed E-state index contributed by atoms with van der Waals surface area (Å²) in [5, 5.41) is 2.56. The van der Waals surface area contributed by atoms with Crippen LogP contribution in [0.3, 0.4) is 0 Å². The van der Waals surface area contributed by atoms with E-state index in [2.05, 4.69) is 5.32 Å². The zero-order chi connectivity index (χ0) is 19.1. The van der Waals surface area contributed by atoms with Crippen LogP contribution in [-0.2, 0) is 4.79 Å². The maximum atomic E-state index is 12.2. The van der Waals surface area contributed by atoms with E-state index in [4.69, 9.17) is 4.74 Å². The summed E-state index contributed by atoms with van der Waals surface area (Å²) < 4.78 is 5.04. The van der Waals surface area contributed by atoms with E-state index in [0.717, 1.165) is 11.1 Å². The first-order valence-corrected chi connectivity index (χ1v) is 8.45. The first kappa shape index (κ1) is 19.4. The van der Waals surface area contributed by atoms with Crippen LogP contribution < -0.4 is 10.1 Å². The summed E-state index contributed by atoms with van der Waals surface area (Å²) in [6.45, 7) is 3.84. The van der Waals surface area contributed by atoms with Crippen molar-refractivity contribution in [2.24, 2.45) is 0 Å². The highest BCUT2D eigenvalue weighted by atomic mass is 16.5. The second-order valence-corrected chi connectivity index (χ2v) is 6.15. The molecule has 5 heteroatoms. The Labute approximate surface area is 153 Å². The summed E-state index contributed by atoms with van der Waals surface area (Å²) in [4.78, 5) is 36.1. The lowest BCUT2D eigenvalue weighted by molar-refractivity contribution is -0.120. The third-order valence-corrected chi connectivity index (χ3v) is 4.27. The van der Waals surface area contributed by atoms with E-state index in [-0.39, 0.29) is 36.9 Å². The lowest BCUT2D eigenvalue weighted by Gasteiger charge is -2.07. The van der Waals surface area contributed by atoms with Gasteiger partial charge in [0, 0.05) is 24.0 Å². The number of ether oxygens (including phenoxy) is 1. The molecule has 0 saturated heterocycles. The van der Waals surface area contributed by atoms with Gasteiger partial charge in [-0.1, -0.05) is 12.1 Å². The number of rotatable bonds is 8. The highest BCUT2D eigenvalue weighted by Gasteiger charge is 2.12. The van der Waals surface area contributed by atoms with Crippen LogP contribution in [0.5, 0.6) is 5.75 Å². The van der Waals surface area contributed by atoms with E-state index in [9.17, 15) is 14.4 Å². The van der Waals surface area contributed by atoms with Crippen molar-refractivity contribution < 1.29 is 19.1 Å². The number of methoxy groups -OCH3 is 1. The van der Waals surface area contributed by atoms with Crippen LogP contribution in [0.4, 0.5) is 0 Å². The maximum Gasteiger partial charge on any atom is 0.220 e. The smallest absolute Gasteiger partial charge is 0.220 e. The fourth-order valence-electron chi connectivity index (χ4n) is 2.43. The Kier molecular flexibility index (Phi) is 6.67. The lowest BCUT2D eigenvalue weighted by atomic mass is 10.0. The Bertz CT molecular complexity index is 809. The lowest BCUT2D eigenvalue weighted by Crippen LogP contribution is -2.29. The zero-order valence-electron chi connectivity index (χ0n) is 15.3. The molecule has 0 fully saturated rings. The number of carbonyl (C=O) groups is 3. The van der Waals surface area contributed by atoms with Crippen molar-refractivity contribution >= 4 is 17.5 Å². The molecule has 0 unspecified atom stereocenters. The van der Waals surface area contributed by atoms with Crippen LogP contribution >= 0.6 is 0 Å². The van der Waals surface area contributed by atoms with Gasteiger partial charge in [0.05, 0.1) is 13.7 Å². The molecular formula is C21H23NO4. The molecule has 0 radical (unpaired) electrons. The Morgan fingerprint density at radius 1 is 0.846 bits per heavy atom. The van der Waals surface area contributed by atoms with Gasteiger partial charge in [0.15, 0.2) is 11.6 Å². The first-order chi connectivity index (χ1) is 12.4. The summed E-state index contributed by atoms with van der Waals surface area (Å²) in [6.07, 6.45) is 0.173. The van der Waals surface area contributed by atoms with Gasteiger partial charge in [0.25, 0.3) is 0 Å². The molecule has 1 amide bonds. The van der Waals surface area contributed by atoms with Crippen LogP contribution in [0.15, 0.2) is 42.5 Å². The Hall–Kier alpha value is -2.95. The number of aryl methyl sites for hydroxylation is 2. The molecule has 0 aliphatic heterocycles. The van der Waals surface area contributed by atoms with E-state index in [0.29, 0.717) is 16.9 Å². The minimum atomic E-state index is -0.316. The van der Waals surface area contributed by atoms with E-state index in [1.54, 1.807) is 37.4 Å². The number of benzene rings is 2. The number of nitrogens with one attached hydrogen (secondary N) is 1. The molecule has 2 aromatic rings. The van der Waals surface area contributed by atoms with Crippen LogP contribution in [0.25, 0.3) is 0 Å². The third kappa shape index (κ3) is 5.28. The van der Waals surface area contributed by atoms with Crippen molar-refractivity contribution in [2.75, 3.05) is 13.7 Å². The molecule has 5 nitrogen and oxygen atoms in total. The maximum absolute atomic E-state index is 12.2. The molecule has 0 aromatic heterocycles. The molecule has 0 saturated carbocycles. The predicted molar refractivity (Wildman–Crippen MR) is 99.8 cm³/mol. The standard InChI is InChI=1S/C21H23NO4/c1-14-4-5-17(12-15(14)2)19(23)10-11-21(25)22-13-20(24)16-6-8-18(26-3)9-7-16/h4-9,12H,10-11,13H2,1-3H3,(H,22,25). The topological polar surface area (TPSA) is 72.5 Å². The van der Waals surface area contributed by atoms with Crippen LogP contribution in [-0.4, -0.2) is 31.1 Å². The van der Waals surface area contributed by atoms with E-state index in [1.165, 1.54) is 0 Å². The number of amides is 1. The van der Waals surface area contributed by atoms with Gasteiger partial charge in [-0.25, -0.2) is 0 Å². The van der Waals surface area contributed by atoms with Crippen molar-refractivity contribution in [1.82, 2.24) is 5.32 Å². The summed E-state index contributed by atoms with van der Waals surface area (Å²) in [6, 6.07) is 12.2. The summed E-state index contributed by atoms with van der Waals surface area (Å²) in [5.74, 6) is 0.0747. The first-order valence-electron chi connectivity index (χ1n) is 8.45. The van der Waals surface area contributed by atoms with Crippen LogP contribution in [0.2, 0.25) is 0 Å². The van der Waals surface area contributed by atoms with Gasteiger partial charge in [-0.3, -0.25) is 14.4 Å². The fourth-order valence-corrected chi connectivity index (χ4v) is 2.43. The van der Waals surface area contributed by atoms with E-state index >= 15 is 0 Å². The van der Waals surface area contributed by atoms with Crippen molar-refractivity contribution in [2.45, 2.75) is 26.7 Å². The highest BCUT2D eigenvalue weighted by Crippen LogP contribution is 2.13. The average molecular weight is 353 g/mol. The van der Waals surface area contributed by atoms with Gasteiger partial charge >= 0.3 is 0 Å². The van der Waals surface area contributed by atoms with Crippen molar-refractivity contribution in [3.05, 3.63) is 64.7 Å². The van der Waals surface area contributed by atoms with Crippen molar-refractivity contribution in [3.63, 3.8) is 0 Å². The molecule has 2 rings (SSSR count). The summed E-state index contributed by atoms with van der Waals surface area (Å²) in [7, 11) is 1.55. The molecule has 1 N–H and O–H groups in total. The molecule has 2 aromatic carbocycles. The molecule has 26 heavy (non-hydrogen) atoms. The number of hydrogen-bond acceptors (Lipinski definition) is 4. The molecule has 0 aliphatic rings. The predicted octanol–water partition coefficient (Wildman–Crippen LogP) is 3.27. The second-order valence-electron chi connectivity index (χ2n) is 6.15. The molecule has 136 valence electrons. The molecular weight excluding hydrogens is 330 g/mol. The van der Waals surface area contributed by atoms with Crippen LogP contribution in [0, 0.1) is 13.8 Å². The van der Waals surface area contributed by atoms with Gasteiger partial charge < -0.3 is 10.1 Å². The molecule has 0 atom stereocenters. The SMILES string of the molecule is COc1ccc(C(=O)CNC(=O)CCC(=O)c2ccc(C)c(C)c2)cc1. The van der Waals surface area contributed by atoms with Gasteiger partial charge in [-0.2, -0.15) is 0 Å². The highest BCUT2D eigenvalue weighted by molar-refractivity contribution is 6.00. The Morgan fingerprint density at radius 3 is 2.12 bits per heavy atom. The van der Waals surface area contributed by atoms with E-state index in [1.807, 2.05) is 26.0 Å². The number of hydrogen-bond donors (Lipinski definition) is 1. The summed E-state index contributed by atoms with van der Waals surface area (Å²) >= 11 is 0. The van der Waals surface area contributed by atoms with E-state index < -0.39 is 0 Å². The van der Waals surface area contributed by atoms with Crippen LogP contribution in [0.1, 0.15) is 44.7 Å². The molecule has 0 aliphatic carbocycles. The van der Waals surface area contributed by atoms with Gasteiger partial charge in [-0.15, -0.1) is 0 Å². The van der Waals surface area contributed by atoms with Gasteiger partial charge in [0.1, 0.15) is 5.75 Å². The number of ketones is 2. The summed E-state index contributed by atoms with van der Waals surface area (Å²) in [5.41, 5.74) is 3.27. The quantitative estimate of drug-likeness (QED) is 0.739. The molecule has 0 bridgehead atoms. The molecule has 0 spiro atoms. The molecule has 0 heterocycles. The minimum Gasteiger partial charge on any atom is -0.497 e. The largest absolute Gasteiger partial charge is 0.497 e. The monoisotopic (exact) mass is 353 g/mol. The average Bonchev–Trinajstić information content (AvgIpc) is 2.66. The van der Waals surface area contributed by atoms with Gasteiger partial charge in [-0.05, 0) is 55.3 Å². The third-order valence-electron chi connectivity index (χ3n) is 4.27. The second kappa shape index (κ2) is 8.94. The Balaban J connectivity index is 1.79. The number of Topliss-reactive ketones (excluding diaryl/α,β-unsaturated/α-hetero) is 2. The van der Waals surface area contributed by atoms with Crippen molar-refractivity contribution in [3.8, 4) is 5.75 Å². The number of carbonyl (C=O) groups excluding carboxylic acids is 3. The normalized spacial score (nSPS) is 10.3. The minimum absolute atomic E-state index is 0.0572. The van der Waals surface area contributed by atoms with Gasteiger partial charge in [0.2, 0.25) is 5.91 Å². The zero-order valence-corrected chi connectivity index (χ0v) is 15.3.